The molecule has 0 saturated carbocycles. The predicted molar refractivity (Wildman–Crippen MR) is 74.1 cm³/mol. The minimum atomic E-state index is -0.413. The number of rotatable bonds is 4. The van der Waals surface area contributed by atoms with Crippen molar-refractivity contribution in [1.29, 1.82) is 0 Å². The van der Waals surface area contributed by atoms with Crippen molar-refractivity contribution in [2.75, 3.05) is 13.7 Å². The van der Waals surface area contributed by atoms with Crippen LogP contribution in [-0.4, -0.2) is 19.7 Å². The van der Waals surface area contributed by atoms with Crippen LogP contribution in [0.5, 0.6) is 5.75 Å². The first-order chi connectivity index (χ1) is 9.13. The second-order valence-electron chi connectivity index (χ2n) is 4.36. The van der Waals surface area contributed by atoms with Gasteiger partial charge in [-0.2, -0.15) is 0 Å². The Labute approximate surface area is 112 Å². The first-order valence-corrected chi connectivity index (χ1v) is 6.10. The molecular formula is C15H17NO3. The van der Waals surface area contributed by atoms with Gasteiger partial charge in [0.05, 0.1) is 7.11 Å². The summed E-state index contributed by atoms with van der Waals surface area (Å²) in [6.45, 7) is 1.76. The molecule has 0 spiro atoms. The van der Waals surface area contributed by atoms with Gasteiger partial charge in [0.15, 0.2) is 6.61 Å². The van der Waals surface area contributed by atoms with Crippen molar-refractivity contribution in [3.05, 3.63) is 42.0 Å². The lowest BCUT2D eigenvalue weighted by Crippen LogP contribution is -2.15. The van der Waals surface area contributed by atoms with E-state index in [1.165, 1.54) is 7.11 Å². The first kappa shape index (κ1) is 13.4. The lowest BCUT2D eigenvalue weighted by atomic mass is 10.0. The molecule has 0 saturated heterocycles. The molecule has 100 valence electrons. The Kier molecular flexibility index (Phi) is 4.02. The normalized spacial score (nSPS) is 12.2. The third kappa shape index (κ3) is 2.85. The van der Waals surface area contributed by atoms with E-state index in [2.05, 4.69) is 4.74 Å². The van der Waals surface area contributed by atoms with Crippen molar-refractivity contribution in [1.82, 2.24) is 0 Å². The molecule has 1 atom stereocenters. The summed E-state index contributed by atoms with van der Waals surface area (Å²) in [6.07, 6.45) is 0. The van der Waals surface area contributed by atoms with Gasteiger partial charge in [-0.25, -0.2) is 4.79 Å². The second kappa shape index (κ2) is 5.71. The highest BCUT2D eigenvalue weighted by molar-refractivity contribution is 5.90. The van der Waals surface area contributed by atoms with Crippen LogP contribution in [-0.2, 0) is 9.53 Å². The molecule has 1 unspecified atom stereocenters. The molecule has 19 heavy (non-hydrogen) atoms. The highest BCUT2D eigenvalue weighted by Gasteiger charge is 2.13. The van der Waals surface area contributed by atoms with E-state index in [1.807, 2.05) is 43.3 Å². The molecule has 2 aromatic carbocycles. The zero-order chi connectivity index (χ0) is 13.8. The average molecular weight is 259 g/mol. The van der Waals surface area contributed by atoms with Crippen molar-refractivity contribution >= 4 is 16.7 Å². The lowest BCUT2D eigenvalue weighted by molar-refractivity contribution is -0.142. The second-order valence-corrected chi connectivity index (χ2v) is 4.36. The minimum Gasteiger partial charge on any atom is -0.481 e. The fourth-order valence-electron chi connectivity index (χ4n) is 1.97. The van der Waals surface area contributed by atoms with E-state index in [-0.39, 0.29) is 12.6 Å². The van der Waals surface area contributed by atoms with Crippen LogP contribution in [0.4, 0.5) is 0 Å². The monoisotopic (exact) mass is 259 g/mol. The number of hydrogen-bond acceptors (Lipinski definition) is 4. The van der Waals surface area contributed by atoms with Crippen LogP contribution in [0, 0.1) is 0 Å². The number of hydrogen-bond donors (Lipinski definition) is 1. The molecule has 4 nitrogen and oxygen atoms in total. The van der Waals surface area contributed by atoms with E-state index in [0.717, 1.165) is 16.3 Å². The molecular weight excluding hydrogens is 242 g/mol. The number of carbonyl (C=O) groups is 1. The molecule has 0 bridgehead atoms. The topological polar surface area (TPSA) is 61.5 Å². The molecule has 2 rings (SSSR count). The summed E-state index contributed by atoms with van der Waals surface area (Å²) in [5.74, 6) is 0.238. The molecule has 0 radical (unpaired) electrons. The van der Waals surface area contributed by atoms with Crippen LogP contribution in [0.1, 0.15) is 18.5 Å². The van der Waals surface area contributed by atoms with Gasteiger partial charge in [-0.05, 0) is 12.3 Å². The summed E-state index contributed by atoms with van der Waals surface area (Å²) in [6, 6.07) is 11.6. The molecule has 2 aromatic rings. The number of nitrogens with two attached hydrogens (primary N) is 1. The van der Waals surface area contributed by atoms with E-state index < -0.39 is 5.97 Å². The summed E-state index contributed by atoms with van der Waals surface area (Å²) in [4.78, 5) is 11.2. The van der Waals surface area contributed by atoms with Gasteiger partial charge in [0.1, 0.15) is 5.75 Å². The number of benzene rings is 2. The molecule has 0 aliphatic heterocycles. The van der Waals surface area contributed by atoms with Gasteiger partial charge >= 0.3 is 5.97 Å². The van der Waals surface area contributed by atoms with Crippen molar-refractivity contribution in [3.8, 4) is 5.75 Å². The number of ether oxygens (including phenoxy) is 2. The average Bonchev–Trinajstić information content (AvgIpc) is 2.43. The summed E-state index contributed by atoms with van der Waals surface area (Å²) in [5, 5.41) is 1.99. The number of carbonyl (C=O) groups excluding carboxylic acids is 1. The van der Waals surface area contributed by atoms with Crippen LogP contribution in [0.15, 0.2) is 36.4 Å². The first-order valence-electron chi connectivity index (χ1n) is 6.10. The zero-order valence-electron chi connectivity index (χ0n) is 11.1. The van der Waals surface area contributed by atoms with Gasteiger partial charge in [0.25, 0.3) is 0 Å². The molecule has 0 heterocycles. The highest BCUT2D eigenvalue weighted by Crippen LogP contribution is 2.32. The molecule has 0 aromatic heterocycles. The molecule has 4 heteroatoms. The number of esters is 1. The summed E-state index contributed by atoms with van der Waals surface area (Å²) < 4.78 is 10.2. The van der Waals surface area contributed by atoms with Crippen LogP contribution in [0.25, 0.3) is 10.8 Å². The van der Waals surface area contributed by atoms with Gasteiger partial charge in [0, 0.05) is 17.0 Å². The molecule has 0 aliphatic rings. The predicted octanol–water partition coefficient (Wildman–Crippen LogP) is 2.41. The third-order valence-electron chi connectivity index (χ3n) is 2.96. The zero-order valence-corrected chi connectivity index (χ0v) is 11.1. The van der Waals surface area contributed by atoms with Gasteiger partial charge in [-0.3, -0.25) is 0 Å². The SMILES string of the molecule is COC(=O)COc1c(C(C)N)ccc2ccccc12. The van der Waals surface area contributed by atoms with Crippen molar-refractivity contribution in [2.24, 2.45) is 5.73 Å². The standard InChI is InChI=1S/C15H17NO3/c1-10(16)12-8-7-11-5-3-4-6-13(11)15(12)19-9-14(17)18-2/h3-8,10H,9,16H2,1-2H3. The highest BCUT2D eigenvalue weighted by atomic mass is 16.6. The van der Waals surface area contributed by atoms with Crippen LogP contribution in [0.3, 0.4) is 0 Å². The Hall–Kier alpha value is -2.07. The molecule has 0 aliphatic carbocycles. The summed E-state index contributed by atoms with van der Waals surface area (Å²) in [7, 11) is 1.33. The van der Waals surface area contributed by atoms with Crippen LogP contribution >= 0.6 is 0 Å². The van der Waals surface area contributed by atoms with Gasteiger partial charge in [-0.1, -0.05) is 36.4 Å². The Morgan fingerprint density at radius 3 is 2.68 bits per heavy atom. The van der Waals surface area contributed by atoms with E-state index in [0.29, 0.717) is 5.75 Å². The fourth-order valence-corrected chi connectivity index (χ4v) is 1.97. The van der Waals surface area contributed by atoms with Gasteiger partial charge in [0.2, 0.25) is 0 Å². The van der Waals surface area contributed by atoms with Crippen LogP contribution in [0.2, 0.25) is 0 Å². The summed E-state index contributed by atoms with van der Waals surface area (Å²) >= 11 is 0. The van der Waals surface area contributed by atoms with E-state index in [1.54, 1.807) is 0 Å². The third-order valence-corrected chi connectivity index (χ3v) is 2.96. The van der Waals surface area contributed by atoms with Crippen molar-refractivity contribution in [2.45, 2.75) is 13.0 Å². The minimum absolute atomic E-state index is 0.121. The van der Waals surface area contributed by atoms with Crippen molar-refractivity contribution in [3.63, 3.8) is 0 Å². The number of methoxy groups -OCH3 is 1. The Morgan fingerprint density at radius 2 is 2.00 bits per heavy atom. The quantitative estimate of drug-likeness (QED) is 0.856. The fraction of sp³-hybridized carbons (Fsp3) is 0.267. The largest absolute Gasteiger partial charge is 0.481 e. The Morgan fingerprint density at radius 1 is 1.26 bits per heavy atom. The maximum atomic E-state index is 11.2. The molecule has 0 fully saturated rings. The Balaban J connectivity index is 2.46. The maximum absolute atomic E-state index is 11.2. The van der Waals surface area contributed by atoms with E-state index in [9.17, 15) is 4.79 Å². The van der Waals surface area contributed by atoms with E-state index in [4.69, 9.17) is 10.5 Å². The lowest BCUT2D eigenvalue weighted by Gasteiger charge is -2.16. The van der Waals surface area contributed by atoms with Crippen LogP contribution < -0.4 is 10.5 Å². The van der Waals surface area contributed by atoms with Gasteiger partial charge in [-0.15, -0.1) is 0 Å². The van der Waals surface area contributed by atoms with E-state index >= 15 is 0 Å². The molecule has 2 N–H and O–H groups in total. The number of fused-ring (bicyclic) bond motifs is 1. The van der Waals surface area contributed by atoms with Crippen molar-refractivity contribution < 1.29 is 14.3 Å². The Bertz CT molecular complexity index is 593. The maximum Gasteiger partial charge on any atom is 0.343 e. The smallest absolute Gasteiger partial charge is 0.343 e. The molecule has 0 amide bonds. The van der Waals surface area contributed by atoms with Gasteiger partial charge < -0.3 is 15.2 Å². The summed E-state index contributed by atoms with van der Waals surface area (Å²) in [5.41, 5.74) is 6.83.